The summed E-state index contributed by atoms with van der Waals surface area (Å²) in [7, 11) is 7.75. The molecular weight excluding hydrogens is 1880 g/mol. The van der Waals surface area contributed by atoms with E-state index in [1.54, 1.807) is 97.4 Å². The molecule has 3 saturated carbocycles. The van der Waals surface area contributed by atoms with Gasteiger partial charge in [0.05, 0.1) is 107 Å². The number of likely N-dealkylation sites (tertiary alicyclic amines) is 2. The van der Waals surface area contributed by atoms with E-state index in [1.165, 1.54) is 146 Å². The van der Waals surface area contributed by atoms with Crippen molar-refractivity contribution in [3.63, 3.8) is 0 Å². The third-order valence-electron chi connectivity index (χ3n) is 26.9. The Kier molecular flexibility index (Phi) is 29.8. The van der Waals surface area contributed by atoms with Crippen molar-refractivity contribution in [2.75, 3.05) is 68.3 Å². The maximum Gasteiger partial charge on any atom is 0.332 e. The summed E-state index contributed by atoms with van der Waals surface area (Å²) in [4.78, 5) is 128. The van der Waals surface area contributed by atoms with Crippen LogP contribution in [0.2, 0.25) is 0 Å². The number of benzene rings is 5. The van der Waals surface area contributed by atoms with Crippen molar-refractivity contribution >= 4 is 82.4 Å². The summed E-state index contributed by atoms with van der Waals surface area (Å²) in [5.41, 5.74) is 1.80. The number of thiophene rings is 3. The van der Waals surface area contributed by atoms with Gasteiger partial charge >= 0.3 is 17.1 Å². The van der Waals surface area contributed by atoms with E-state index in [4.69, 9.17) is 42.6 Å². The Hall–Kier alpha value is -13.0. The van der Waals surface area contributed by atoms with Crippen LogP contribution in [0.3, 0.4) is 0 Å². The Morgan fingerprint density at radius 1 is 0.440 bits per heavy atom. The van der Waals surface area contributed by atoms with Crippen LogP contribution in [0.5, 0.6) is 17.2 Å². The monoisotopic (exact) mass is 1990 g/mol. The van der Waals surface area contributed by atoms with Gasteiger partial charge in [0, 0.05) is 143 Å². The molecule has 3 amide bonds. The maximum absolute atomic E-state index is 14.8. The van der Waals surface area contributed by atoms with Crippen molar-refractivity contribution in [2.24, 2.45) is 0 Å². The number of nitrogens with one attached hydrogen (secondary N) is 1. The van der Waals surface area contributed by atoms with Crippen molar-refractivity contribution in [3.8, 4) is 32.3 Å². The molecular formula is C101H108F3N15O19S3. The fourth-order valence-corrected chi connectivity index (χ4v) is 22.8. The van der Waals surface area contributed by atoms with Crippen LogP contribution in [-0.4, -0.2) is 194 Å². The number of amides is 3. The zero-order valence-corrected chi connectivity index (χ0v) is 81.3. The fourth-order valence-electron chi connectivity index (χ4n) is 19.1. The minimum Gasteiger partial charge on any atom is -0.496 e. The lowest BCUT2D eigenvalue weighted by atomic mass is 9.91. The summed E-state index contributed by atoms with van der Waals surface area (Å²) in [6.07, 6.45) is 13.2. The minimum atomic E-state index is -0.949. The van der Waals surface area contributed by atoms with Crippen LogP contribution in [-0.2, 0) is 75.7 Å². The highest BCUT2D eigenvalue weighted by molar-refractivity contribution is 7.22. The Balaban J connectivity index is 0.000000136. The Morgan fingerprint density at radius 3 is 1.06 bits per heavy atom. The number of aryl methyl sites for hydroxylation is 3. The molecule has 40 heteroatoms. The fraction of sp³-hybridized carbons (Fsp3) is 0.406. The molecule has 7 aliphatic rings. The molecule has 4 aliphatic heterocycles. The maximum atomic E-state index is 14.8. The smallest absolute Gasteiger partial charge is 0.332 e. The van der Waals surface area contributed by atoms with Crippen LogP contribution in [0, 0.1) is 38.2 Å². The van der Waals surface area contributed by atoms with Gasteiger partial charge < -0.3 is 62.9 Å². The molecule has 2 N–H and O–H groups in total. The second kappa shape index (κ2) is 42.8. The number of nitrogens with zero attached hydrogens (tertiary/aromatic N) is 14. The number of aliphatic hydroxyl groups is 1. The lowest BCUT2D eigenvalue weighted by molar-refractivity contribution is -0.134. The first-order valence-corrected chi connectivity index (χ1v) is 49.3. The van der Waals surface area contributed by atoms with E-state index in [0.717, 1.165) is 38.0 Å². The van der Waals surface area contributed by atoms with Crippen LogP contribution >= 0.6 is 34.0 Å². The molecule has 740 valence electrons. The van der Waals surface area contributed by atoms with Gasteiger partial charge in [0.1, 0.15) is 101 Å². The average molecular weight is 1990 g/mol. The first kappa shape index (κ1) is 98.2. The van der Waals surface area contributed by atoms with Crippen LogP contribution in [0.4, 0.5) is 13.2 Å². The van der Waals surface area contributed by atoms with Gasteiger partial charge in [0.15, 0.2) is 0 Å². The Morgan fingerprint density at radius 2 is 0.780 bits per heavy atom. The molecule has 0 unspecified atom stereocenters. The number of likely N-dealkylation sites (N-methyl/N-ethyl adjacent to an activating group) is 2. The van der Waals surface area contributed by atoms with Crippen molar-refractivity contribution in [3.05, 3.63) is 295 Å². The van der Waals surface area contributed by atoms with Crippen LogP contribution < -0.4 is 53.3 Å². The predicted molar refractivity (Wildman–Crippen MR) is 521 cm³/mol. The summed E-state index contributed by atoms with van der Waals surface area (Å²) in [6.45, 7) is 9.38. The normalized spacial score (nSPS) is 20.5. The Bertz CT molecular complexity index is 7280. The average Bonchev–Trinajstić information content (AvgIpc) is 1.59. The highest BCUT2D eigenvalue weighted by Crippen LogP contribution is 2.44. The lowest BCUT2D eigenvalue weighted by Crippen LogP contribution is -2.45. The van der Waals surface area contributed by atoms with E-state index < -0.39 is 93.7 Å². The number of rotatable bonds is 30. The highest BCUT2D eigenvalue weighted by Gasteiger charge is 2.43. The van der Waals surface area contributed by atoms with Gasteiger partial charge in [0.25, 0.3) is 16.7 Å². The molecule has 4 saturated heterocycles. The van der Waals surface area contributed by atoms with Crippen molar-refractivity contribution in [1.29, 1.82) is 0 Å². The number of hydrogen-bond acceptors (Lipinski definition) is 25. The van der Waals surface area contributed by atoms with Gasteiger partial charge in [-0.1, -0.05) is 94.7 Å². The number of aromatic nitrogens is 12. The van der Waals surface area contributed by atoms with Gasteiger partial charge in [0.2, 0.25) is 17.7 Å². The number of fused-ring (bicyclic) bond motifs is 3. The van der Waals surface area contributed by atoms with E-state index in [1.807, 2.05) is 67.6 Å². The molecule has 5 aromatic carbocycles. The number of carbonyl (C=O) groups is 3. The molecule has 141 heavy (non-hydrogen) atoms. The summed E-state index contributed by atoms with van der Waals surface area (Å²) in [5.74, 6) is -1.27. The molecule has 14 aromatic rings. The predicted octanol–water partition coefficient (Wildman–Crippen LogP) is 12.6. The minimum absolute atomic E-state index is 0.0101. The number of aliphatic hydroxyl groups excluding tert-OH is 1. The van der Waals surface area contributed by atoms with Crippen molar-refractivity contribution < 1.29 is 75.3 Å². The summed E-state index contributed by atoms with van der Waals surface area (Å²) < 4.78 is 110. The van der Waals surface area contributed by atoms with Crippen LogP contribution in [0.25, 0.3) is 45.7 Å². The van der Waals surface area contributed by atoms with Gasteiger partial charge in [-0.05, 0) is 150 Å². The molecule has 7 fully saturated rings. The zero-order chi connectivity index (χ0) is 98.7. The van der Waals surface area contributed by atoms with Crippen LogP contribution in [0.15, 0.2) is 199 Å². The highest BCUT2D eigenvalue weighted by atomic mass is 32.1. The molecule has 6 atom stereocenters. The first-order valence-electron chi connectivity index (χ1n) is 46.9. The van der Waals surface area contributed by atoms with Gasteiger partial charge in [-0.25, -0.2) is 55.3 Å². The Labute approximate surface area is 817 Å². The quantitative estimate of drug-likeness (QED) is 0.0422. The molecule has 0 bridgehead atoms. The second-order valence-electron chi connectivity index (χ2n) is 36.0. The summed E-state index contributed by atoms with van der Waals surface area (Å²) in [6, 6.07) is 34.8. The molecule has 13 heterocycles. The largest absolute Gasteiger partial charge is 0.496 e. The molecule has 21 rings (SSSR count). The van der Waals surface area contributed by atoms with Gasteiger partial charge in [-0.3, -0.25) is 42.5 Å². The number of ether oxygens (including phenoxy) is 9. The van der Waals surface area contributed by atoms with E-state index in [0.29, 0.717) is 187 Å². The molecule has 34 nitrogen and oxygen atoms in total. The second-order valence-corrected chi connectivity index (χ2v) is 39.0. The topological polar surface area (TPSA) is 358 Å². The first-order chi connectivity index (χ1) is 68.2. The SMILES string of the molecule is C1CCOC1.COc1ccc(F)cc1[C@H](Cn1c(=O)n([C@@H]2CCN(C)C2=O)c(=O)c2c(C)c(-n3cccn3)sc21)OC1CC(O)C1.COc1ccc(F)cc1[C@H](Cn1c(=O)n([C@@H]2CCN(C)C2=O)c(=O)c2c(C)c(-n3cccn3)sc21)OC1CC(OCc2ccccc2)C1.COc1ccc(F)cc1[C@H](Cn1c(=O)n([C@@H]2CCNC2=O)c(=O)c2c(C)c(-n3cccn3)sc21)OC1CC(OCc2ccccc2)C1. The lowest BCUT2D eigenvalue weighted by Gasteiger charge is -2.37. The molecule has 9 aromatic heterocycles. The number of methoxy groups -OCH3 is 3. The van der Waals surface area contributed by atoms with Gasteiger partial charge in [-0.2, -0.15) is 15.3 Å². The number of halogens is 3. The van der Waals surface area contributed by atoms with E-state index >= 15 is 0 Å². The van der Waals surface area contributed by atoms with E-state index in [2.05, 4.69) is 20.6 Å². The molecule has 0 spiro atoms. The van der Waals surface area contributed by atoms with Gasteiger partial charge in [-0.15, -0.1) is 0 Å². The van der Waals surface area contributed by atoms with E-state index in [9.17, 15) is 61.4 Å². The third kappa shape index (κ3) is 20.4. The van der Waals surface area contributed by atoms with Crippen molar-refractivity contribution in [2.45, 2.75) is 197 Å². The summed E-state index contributed by atoms with van der Waals surface area (Å²) >= 11 is 3.74. The molecule has 0 radical (unpaired) electrons. The third-order valence-corrected chi connectivity index (χ3v) is 30.8. The van der Waals surface area contributed by atoms with Crippen LogP contribution in [0.1, 0.15) is 152 Å². The molecule has 3 aliphatic carbocycles. The van der Waals surface area contributed by atoms with Crippen molar-refractivity contribution in [1.82, 2.24) is 71.9 Å². The zero-order valence-electron chi connectivity index (χ0n) is 78.9. The van der Waals surface area contributed by atoms with E-state index in [-0.39, 0.29) is 67.9 Å². The standard InChI is InChI=1S/C35H36FN5O6S.C34H34FN5O6S.C28H30FN5O6S.C4H8O/c1-21-30-32(43)41(27-12-15-38(2)31(27)42)35(44)39(34(30)48-33(21)40-14-7-13-37-40)19-29(26-16-23(36)10-11-28(26)45-3)47-25-17-24(18-25)46-20-22-8-5-4-6-9-22;1-20-29-31(42)40(26-11-13-36-30(26)41)34(43)38(33(29)47-32(20)39-14-6-12-37-39)18-28(25-15-22(35)9-10-27(25)44-2)46-24-16-23(17-24)45-19-21-7-4-3-5-8-21;1-15-23-25(37)34(20-7-10-31(2)24(20)36)28(38)32(27(23)41-26(15)33-9-4-8-30-33)14-22(40-18-12-17(35)13-18)19-11-16(29)5-6-21(19)39-3;1-2-4-5-3-1/h4-11,13-14,16,24-25,27,29H,12,15,17-20H2,1-3H3;3-10,12,14-15,23-24,26,28H,11,13,16-19H2,1-2H3,(H,36,41);4-6,8-9,11,17-18,20,22,35H,7,10,12-14H2,1-3H3;1-4H2/t24?,25?,27-,29+;23?,24?,26-,28+;17?,18?,20-,22+;/m111./s1. The number of carbonyl (C=O) groups excluding carboxylic acids is 3. The summed E-state index contributed by atoms with van der Waals surface area (Å²) in [5, 5.41) is 28.6. The number of hydrogen-bond donors (Lipinski definition) is 2.